The second-order valence-corrected chi connectivity index (χ2v) is 3.99. The van der Waals surface area contributed by atoms with Gasteiger partial charge in [-0.05, 0) is 30.2 Å². The van der Waals surface area contributed by atoms with Gasteiger partial charge in [-0.25, -0.2) is 4.79 Å². The number of aromatic nitrogens is 3. The van der Waals surface area contributed by atoms with Gasteiger partial charge in [-0.1, -0.05) is 22.9 Å². The summed E-state index contributed by atoms with van der Waals surface area (Å²) in [5.41, 5.74) is 1.71. The van der Waals surface area contributed by atoms with E-state index in [0.29, 0.717) is 0 Å². The third kappa shape index (κ3) is 1.87. The first-order valence-electron chi connectivity index (χ1n) is 4.64. The van der Waals surface area contributed by atoms with Crippen molar-refractivity contribution in [2.45, 2.75) is 13.3 Å². The van der Waals surface area contributed by atoms with Crippen LogP contribution in [0.5, 0.6) is 0 Å². The summed E-state index contributed by atoms with van der Waals surface area (Å²) in [7, 11) is 0. The SMILES string of the molecule is CCc1cc(-n2nc[nH]c2=O)ccc1Br. The predicted octanol–water partition coefficient (Wildman–Crippen LogP) is 1.89. The molecular weight excluding hydrogens is 258 g/mol. The molecule has 0 fully saturated rings. The van der Waals surface area contributed by atoms with E-state index < -0.39 is 0 Å². The number of hydrogen-bond donors (Lipinski definition) is 1. The average molecular weight is 268 g/mol. The molecule has 1 N–H and O–H groups in total. The van der Waals surface area contributed by atoms with Gasteiger partial charge in [-0.2, -0.15) is 9.78 Å². The molecule has 0 amide bonds. The van der Waals surface area contributed by atoms with Gasteiger partial charge >= 0.3 is 5.69 Å². The summed E-state index contributed by atoms with van der Waals surface area (Å²) in [6.07, 6.45) is 2.30. The lowest BCUT2D eigenvalue weighted by molar-refractivity contribution is 0.839. The maximum Gasteiger partial charge on any atom is 0.347 e. The van der Waals surface area contributed by atoms with Crippen molar-refractivity contribution in [2.75, 3.05) is 0 Å². The van der Waals surface area contributed by atoms with E-state index in [2.05, 4.69) is 32.9 Å². The first-order chi connectivity index (χ1) is 7.22. The van der Waals surface area contributed by atoms with Crippen LogP contribution in [-0.4, -0.2) is 14.8 Å². The molecule has 78 valence electrons. The summed E-state index contributed by atoms with van der Waals surface area (Å²) in [6, 6.07) is 5.73. The number of aryl methyl sites for hydroxylation is 1. The molecule has 1 aromatic carbocycles. The van der Waals surface area contributed by atoms with E-state index >= 15 is 0 Å². The molecule has 0 unspecified atom stereocenters. The second kappa shape index (κ2) is 4.02. The molecule has 1 heterocycles. The number of nitrogens with one attached hydrogen (secondary N) is 1. The summed E-state index contributed by atoms with van der Waals surface area (Å²) in [5.74, 6) is 0. The highest BCUT2D eigenvalue weighted by Crippen LogP contribution is 2.19. The van der Waals surface area contributed by atoms with Gasteiger partial charge in [0.15, 0.2) is 0 Å². The number of nitrogens with zero attached hydrogens (tertiary/aromatic N) is 2. The molecule has 2 aromatic rings. The predicted molar refractivity (Wildman–Crippen MR) is 61.3 cm³/mol. The van der Waals surface area contributed by atoms with Crippen molar-refractivity contribution in [3.8, 4) is 5.69 Å². The Hall–Kier alpha value is -1.36. The van der Waals surface area contributed by atoms with Crippen LogP contribution in [0.15, 0.2) is 33.8 Å². The van der Waals surface area contributed by atoms with Gasteiger partial charge in [0.1, 0.15) is 6.33 Å². The molecule has 5 heteroatoms. The van der Waals surface area contributed by atoms with Crippen molar-refractivity contribution in [2.24, 2.45) is 0 Å². The standard InChI is InChI=1S/C10H10BrN3O/c1-2-7-5-8(3-4-9(7)11)14-10(15)12-6-13-14/h3-6H,2H2,1H3,(H,12,13,15). The maximum atomic E-state index is 11.3. The Bertz CT molecular complexity index is 529. The van der Waals surface area contributed by atoms with Gasteiger partial charge in [0.25, 0.3) is 0 Å². The van der Waals surface area contributed by atoms with Gasteiger partial charge in [-0.3, -0.25) is 4.98 Å². The third-order valence-electron chi connectivity index (χ3n) is 2.21. The molecule has 0 spiro atoms. The zero-order valence-corrected chi connectivity index (χ0v) is 9.78. The van der Waals surface area contributed by atoms with Gasteiger partial charge in [0, 0.05) is 4.47 Å². The molecule has 0 aliphatic heterocycles. The smallest absolute Gasteiger partial charge is 0.295 e. The molecule has 4 nitrogen and oxygen atoms in total. The molecule has 0 atom stereocenters. The van der Waals surface area contributed by atoms with E-state index in [1.54, 1.807) is 0 Å². The van der Waals surface area contributed by atoms with Crippen LogP contribution in [0.4, 0.5) is 0 Å². The van der Waals surface area contributed by atoms with Crippen LogP contribution in [0.25, 0.3) is 5.69 Å². The Labute approximate surface area is 95.1 Å². The topological polar surface area (TPSA) is 50.7 Å². The van der Waals surface area contributed by atoms with Crippen molar-refractivity contribution < 1.29 is 0 Å². The number of rotatable bonds is 2. The van der Waals surface area contributed by atoms with Crippen molar-refractivity contribution >= 4 is 15.9 Å². The van der Waals surface area contributed by atoms with Crippen LogP contribution < -0.4 is 5.69 Å². The van der Waals surface area contributed by atoms with Gasteiger partial charge in [0.2, 0.25) is 0 Å². The van der Waals surface area contributed by atoms with Crippen LogP contribution in [0.1, 0.15) is 12.5 Å². The molecule has 0 radical (unpaired) electrons. The monoisotopic (exact) mass is 267 g/mol. The van der Waals surface area contributed by atoms with E-state index in [1.807, 2.05) is 18.2 Å². The molecule has 1 aromatic heterocycles. The van der Waals surface area contributed by atoms with E-state index in [9.17, 15) is 4.79 Å². The fraction of sp³-hybridized carbons (Fsp3) is 0.200. The Morgan fingerprint density at radius 1 is 1.53 bits per heavy atom. The van der Waals surface area contributed by atoms with Crippen LogP contribution in [0, 0.1) is 0 Å². The summed E-state index contributed by atoms with van der Waals surface area (Å²) < 4.78 is 2.39. The van der Waals surface area contributed by atoms with Crippen LogP contribution in [0.2, 0.25) is 0 Å². The van der Waals surface area contributed by atoms with E-state index in [0.717, 1.165) is 22.1 Å². The molecular formula is C10H10BrN3O. The Morgan fingerprint density at radius 3 is 2.93 bits per heavy atom. The number of halogens is 1. The largest absolute Gasteiger partial charge is 0.347 e. The van der Waals surface area contributed by atoms with Crippen molar-refractivity contribution in [3.05, 3.63) is 45.0 Å². The fourth-order valence-electron chi connectivity index (χ4n) is 1.40. The zero-order chi connectivity index (χ0) is 10.8. The Kier molecular flexibility index (Phi) is 2.73. The Morgan fingerprint density at radius 2 is 2.33 bits per heavy atom. The Balaban J connectivity index is 2.55. The number of benzene rings is 1. The van der Waals surface area contributed by atoms with E-state index in [4.69, 9.17) is 0 Å². The maximum absolute atomic E-state index is 11.3. The van der Waals surface area contributed by atoms with E-state index in [1.165, 1.54) is 11.0 Å². The highest BCUT2D eigenvalue weighted by atomic mass is 79.9. The van der Waals surface area contributed by atoms with Crippen molar-refractivity contribution in [1.82, 2.24) is 14.8 Å². The lowest BCUT2D eigenvalue weighted by Crippen LogP contribution is -2.16. The summed E-state index contributed by atoms with van der Waals surface area (Å²) in [6.45, 7) is 2.07. The average Bonchev–Trinajstić information content (AvgIpc) is 2.65. The van der Waals surface area contributed by atoms with Crippen LogP contribution in [-0.2, 0) is 6.42 Å². The molecule has 0 aliphatic rings. The molecule has 0 aliphatic carbocycles. The molecule has 2 rings (SSSR count). The number of H-pyrrole nitrogens is 1. The highest BCUT2D eigenvalue weighted by molar-refractivity contribution is 9.10. The molecule has 15 heavy (non-hydrogen) atoms. The van der Waals surface area contributed by atoms with Crippen molar-refractivity contribution in [3.63, 3.8) is 0 Å². The second-order valence-electron chi connectivity index (χ2n) is 3.14. The minimum absolute atomic E-state index is 0.223. The van der Waals surface area contributed by atoms with Gasteiger partial charge < -0.3 is 0 Å². The van der Waals surface area contributed by atoms with Gasteiger partial charge in [0.05, 0.1) is 5.69 Å². The van der Waals surface area contributed by atoms with Crippen LogP contribution >= 0.6 is 15.9 Å². The minimum atomic E-state index is -0.223. The molecule has 0 saturated carbocycles. The number of aromatic amines is 1. The molecule has 0 bridgehead atoms. The summed E-state index contributed by atoms with van der Waals surface area (Å²) in [4.78, 5) is 13.8. The fourth-order valence-corrected chi connectivity index (χ4v) is 1.93. The first-order valence-corrected chi connectivity index (χ1v) is 5.43. The van der Waals surface area contributed by atoms with Gasteiger partial charge in [-0.15, -0.1) is 0 Å². The highest BCUT2D eigenvalue weighted by Gasteiger charge is 2.04. The zero-order valence-electron chi connectivity index (χ0n) is 8.20. The molecule has 0 saturated heterocycles. The third-order valence-corrected chi connectivity index (χ3v) is 2.98. The number of hydrogen-bond acceptors (Lipinski definition) is 2. The van der Waals surface area contributed by atoms with Crippen LogP contribution in [0.3, 0.4) is 0 Å². The minimum Gasteiger partial charge on any atom is -0.295 e. The normalized spacial score (nSPS) is 10.5. The lowest BCUT2D eigenvalue weighted by Gasteiger charge is -2.04. The first kappa shape index (κ1) is 10.2. The van der Waals surface area contributed by atoms with E-state index in [-0.39, 0.29) is 5.69 Å². The quantitative estimate of drug-likeness (QED) is 0.904. The summed E-state index contributed by atoms with van der Waals surface area (Å²) in [5, 5.41) is 3.92. The lowest BCUT2D eigenvalue weighted by atomic mass is 10.1. The van der Waals surface area contributed by atoms with Crippen molar-refractivity contribution in [1.29, 1.82) is 0 Å². The summed E-state index contributed by atoms with van der Waals surface area (Å²) >= 11 is 3.46.